The summed E-state index contributed by atoms with van der Waals surface area (Å²) in [6.07, 6.45) is 1.28. The highest BCUT2D eigenvalue weighted by molar-refractivity contribution is 9.10. The van der Waals surface area contributed by atoms with Crippen LogP contribution in [-0.2, 0) is 16.2 Å². The fourth-order valence-electron chi connectivity index (χ4n) is 3.23. The van der Waals surface area contributed by atoms with Crippen LogP contribution in [0.15, 0.2) is 70.7 Å². The van der Waals surface area contributed by atoms with Crippen LogP contribution in [0.4, 0.5) is 14.9 Å². The Morgan fingerprint density at radius 1 is 1.00 bits per heavy atom. The van der Waals surface area contributed by atoms with Crippen LogP contribution in [-0.4, -0.2) is 17.8 Å². The molecule has 4 rings (SSSR count). The summed E-state index contributed by atoms with van der Waals surface area (Å²) in [7, 11) is 0. The molecule has 10 heteroatoms. The van der Waals surface area contributed by atoms with Crippen molar-refractivity contribution in [2.45, 2.75) is 6.61 Å². The smallest absolute Gasteiger partial charge is 0.335 e. The number of carbonyl (C=O) groups excluding carboxylic acids is 3. The Morgan fingerprint density at radius 3 is 2.32 bits per heavy atom. The Balaban J connectivity index is 1.60. The molecule has 3 aromatic rings. The SMILES string of the molecule is O=C1NC(=O)N(c2ccc(Br)cc2)C(=O)/C1=C/c1cc(Cl)c(OCc2cccc(F)c2)c(Cl)c1. The molecule has 1 heterocycles. The number of urea groups is 1. The number of anilines is 1. The topological polar surface area (TPSA) is 75.7 Å². The minimum Gasteiger partial charge on any atom is -0.486 e. The zero-order valence-corrected chi connectivity index (χ0v) is 20.2. The average molecular weight is 564 g/mol. The van der Waals surface area contributed by atoms with Crippen LogP contribution in [0.2, 0.25) is 10.0 Å². The van der Waals surface area contributed by atoms with Gasteiger partial charge in [-0.1, -0.05) is 51.3 Å². The van der Waals surface area contributed by atoms with Crippen LogP contribution in [0.5, 0.6) is 5.75 Å². The van der Waals surface area contributed by atoms with E-state index in [1.807, 2.05) is 0 Å². The van der Waals surface area contributed by atoms with Crippen molar-refractivity contribution in [1.82, 2.24) is 5.32 Å². The van der Waals surface area contributed by atoms with Crippen molar-refractivity contribution in [2.24, 2.45) is 0 Å². The standard InChI is InChI=1S/C24H14BrCl2FN2O4/c25-15-4-6-17(7-5-15)30-23(32)18(22(31)29-24(30)33)9-14-10-19(26)21(20(27)11-14)34-12-13-2-1-3-16(28)8-13/h1-11H,12H2,(H,29,31,33)/b18-9+. The van der Waals surface area contributed by atoms with Gasteiger partial charge in [0.05, 0.1) is 15.7 Å². The molecule has 3 aromatic carbocycles. The first-order valence-electron chi connectivity index (χ1n) is 9.76. The van der Waals surface area contributed by atoms with Crippen molar-refractivity contribution in [3.63, 3.8) is 0 Å². The number of amides is 4. The summed E-state index contributed by atoms with van der Waals surface area (Å²) in [4.78, 5) is 38.6. The number of imide groups is 2. The summed E-state index contributed by atoms with van der Waals surface area (Å²) in [6.45, 7) is 0.0305. The van der Waals surface area contributed by atoms with Crippen molar-refractivity contribution in [3.05, 3.63) is 97.7 Å². The predicted octanol–water partition coefficient (Wildman–Crippen LogP) is 6.14. The number of ether oxygens (including phenoxy) is 1. The second-order valence-corrected chi connectivity index (χ2v) is 8.90. The van der Waals surface area contributed by atoms with E-state index in [0.717, 1.165) is 9.37 Å². The van der Waals surface area contributed by atoms with Gasteiger partial charge in [-0.2, -0.15) is 0 Å². The van der Waals surface area contributed by atoms with Gasteiger partial charge in [0, 0.05) is 4.47 Å². The Labute approximate surface area is 212 Å². The average Bonchev–Trinajstić information content (AvgIpc) is 2.77. The second kappa shape index (κ2) is 9.97. The number of nitrogens with one attached hydrogen (secondary N) is 1. The number of hydrogen-bond donors (Lipinski definition) is 1. The molecule has 34 heavy (non-hydrogen) atoms. The van der Waals surface area contributed by atoms with E-state index in [2.05, 4.69) is 21.2 Å². The lowest BCUT2D eigenvalue weighted by Gasteiger charge is -2.26. The highest BCUT2D eigenvalue weighted by Gasteiger charge is 2.36. The number of nitrogens with zero attached hydrogens (tertiary/aromatic N) is 1. The number of benzene rings is 3. The van der Waals surface area contributed by atoms with Gasteiger partial charge < -0.3 is 4.74 Å². The summed E-state index contributed by atoms with van der Waals surface area (Å²) < 4.78 is 19.8. The van der Waals surface area contributed by atoms with Gasteiger partial charge in [0.15, 0.2) is 5.75 Å². The maximum Gasteiger partial charge on any atom is 0.335 e. The van der Waals surface area contributed by atoms with E-state index < -0.39 is 23.7 Å². The van der Waals surface area contributed by atoms with Crippen LogP contribution in [0.25, 0.3) is 6.08 Å². The van der Waals surface area contributed by atoms with Gasteiger partial charge in [0.25, 0.3) is 11.8 Å². The van der Waals surface area contributed by atoms with Crippen molar-refractivity contribution < 1.29 is 23.5 Å². The number of hydrogen-bond acceptors (Lipinski definition) is 4. The monoisotopic (exact) mass is 562 g/mol. The van der Waals surface area contributed by atoms with E-state index in [4.69, 9.17) is 27.9 Å². The molecule has 1 aliphatic rings. The first-order chi connectivity index (χ1) is 16.2. The van der Waals surface area contributed by atoms with E-state index in [9.17, 15) is 18.8 Å². The lowest BCUT2D eigenvalue weighted by atomic mass is 10.1. The Hall–Kier alpha value is -3.20. The zero-order chi connectivity index (χ0) is 24.4. The van der Waals surface area contributed by atoms with E-state index in [1.54, 1.807) is 36.4 Å². The summed E-state index contributed by atoms with van der Waals surface area (Å²) in [6, 6.07) is 14.4. The lowest BCUT2D eigenvalue weighted by molar-refractivity contribution is -0.122. The maximum atomic E-state index is 13.4. The van der Waals surface area contributed by atoms with Gasteiger partial charge >= 0.3 is 6.03 Å². The van der Waals surface area contributed by atoms with Crippen LogP contribution in [0.1, 0.15) is 11.1 Å². The number of halogens is 4. The molecule has 0 saturated carbocycles. The van der Waals surface area contributed by atoms with Crippen LogP contribution >= 0.6 is 39.1 Å². The molecule has 0 unspecified atom stereocenters. The van der Waals surface area contributed by atoms with E-state index in [-0.39, 0.29) is 28.0 Å². The third-order valence-electron chi connectivity index (χ3n) is 4.79. The minimum absolute atomic E-state index is 0.0305. The lowest BCUT2D eigenvalue weighted by Crippen LogP contribution is -2.54. The van der Waals surface area contributed by atoms with Crippen LogP contribution in [0, 0.1) is 5.82 Å². The highest BCUT2D eigenvalue weighted by atomic mass is 79.9. The molecule has 1 saturated heterocycles. The molecule has 0 bridgehead atoms. The van der Waals surface area contributed by atoms with Gasteiger partial charge in [-0.25, -0.2) is 14.1 Å². The van der Waals surface area contributed by atoms with Crippen molar-refractivity contribution in [1.29, 1.82) is 0 Å². The molecule has 0 radical (unpaired) electrons. The third kappa shape index (κ3) is 5.14. The van der Waals surface area contributed by atoms with E-state index >= 15 is 0 Å². The summed E-state index contributed by atoms with van der Waals surface area (Å²) >= 11 is 15.9. The Kier molecular flexibility index (Phi) is 7.02. The van der Waals surface area contributed by atoms with Gasteiger partial charge in [-0.05, 0) is 65.7 Å². The molecular formula is C24H14BrCl2FN2O4. The number of rotatable bonds is 5. The molecule has 0 spiro atoms. The second-order valence-electron chi connectivity index (χ2n) is 7.17. The molecule has 0 aromatic heterocycles. The molecule has 0 aliphatic carbocycles. The van der Waals surface area contributed by atoms with Crippen molar-refractivity contribution in [2.75, 3.05) is 4.90 Å². The molecular weight excluding hydrogens is 550 g/mol. The van der Waals surface area contributed by atoms with Gasteiger partial charge in [0.2, 0.25) is 0 Å². The molecule has 4 amide bonds. The maximum absolute atomic E-state index is 13.4. The van der Waals surface area contributed by atoms with Crippen LogP contribution in [0.3, 0.4) is 0 Å². The molecule has 172 valence electrons. The largest absolute Gasteiger partial charge is 0.486 e. The Morgan fingerprint density at radius 2 is 1.68 bits per heavy atom. The molecule has 1 aliphatic heterocycles. The van der Waals surface area contributed by atoms with E-state index in [0.29, 0.717) is 16.8 Å². The number of barbiturate groups is 1. The quantitative estimate of drug-likeness (QED) is 0.299. The normalized spacial score (nSPS) is 15.0. The molecule has 0 atom stereocenters. The number of carbonyl (C=O) groups is 3. The highest BCUT2D eigenvalue weighted by Crippen LogP contribution is 2.36. The molecule has 6 nitrogen and oxygen atoms in total. The summed E-state index contributed by atoms with van der Waals surface area (Å²) in [5.41, 5.74) is 0.946. The first kappa shape index (κ1) is 23.9. The predicted molar refractivity (Wildman–Crippen MR) is 130 cm³/mol. The van der Waals surface area contributed by atoms with Crippen LogP contribution < -0.4 is 15.0 Å². The van der Waals surface area contributed by atoms with Gasteiger partial charge in [-0.15, -0.1) is 0 Å². The fraction of sp³-hybridized carbons (Fsp3) is 0.0417. The third-order valence-corrected chi connectivity index (χ3v) is 5.88. The van der Waals surface area contributed by atoms with E-state index in [1.165, 1.54) is 30.3 Å². The summed E-state index contributed by atoms with van der Waals surface area (Å²) in [5.74, 6) is -1.87. The fourth-order valence-corrected chi connectivity index (χ4v) is 4.11. The minimum atomic E-state index is -0.855. The Bertz CT molecular complexity index is 1320. The van der Waals surface area contributed by atoms with Crippen molar-refractivity contribution in [3.8, 4) is 5.75 Å². The van der Waals surface area contributed by atoms with Crippen molar-refractivity contribution >= 4 is 68.7 Å². The molecule has 1 fully saturated rings. The zero-order valence-electron chi connectivity index (χ0n) is 17.2. The van der Waals surface area contributed by atoms with Gasteiger partial charge in [0.1, 0.15) is 18.0 Å². The van der Waals surface area contributed by atoms with Gasteiger partial charge in [-0.3, -0.25) is 14.9 Å². The first-order valence-corrected chi connectivity index (χ1v) is 11.3. The molecule has 1 N–H and O–H groups in total. The summed E-state index contributed by atoms with van der Waals surface area (Å²) in [5, 5.41) is 2.40.